The number of hydrogen-bond donors (Lipinski definition) is 0. The average Bonchev–Trinajstić information content (AvgIpc) is 2.48. The molecule has 0 unspecified atom stereocenters. The standard InChI is InChI=1S/C14H14ClFN4/c15-13-4-5-14(18-17-13)20-8-6-19(7-9-20)12-3-1-2-11(16)10-12/h1-5,10H,6-9H2. The molecule has 0 spiro atoms. The first-order valence-corrected chi connectivity index (χ1v) is 6.85. The van der Waals surface area contributed by atoms with Crippen LogP contribution in [0.5, 0.6) is 0 Å². The summed E-state index contributed by atoms with van der Waals surface area (Å²) in [7, 11) is 0. The fourth-order valence-corrected chi connectivity index (χ4v) is 2.44. The Balaban J connectivity index is 1.66. The molecule has 0 atom stereocenters. The zero-order chi connectivity index (χ0) is 13.9. The van der Waals surface area contributed by atoms with Gasteiger partial charge in [0, 0.05) is 31.9 Å². The van der Waals surface area contributed by atoms with Crippen LogP contribution in [0.2, 0.25) is 5.15 Å². The van der Waals surface area contributed by atoms with Gasteiger partial charge in [-0.3, -0.25) is 0 Å². The zero-order valence-corrected chi connectivity index (χ0v) is 11.6. The molecule has 2 aromatic rings. The Labute approximate surface area is 121 Å². The molecule has 1 aromatic heterocycles. The van der Waals surface area contributed by atoms with Crippen molar-refractivity contribution >= 4 is 23.1 Å². The van der Waals surface area contributed by atoms with Gasteiger partial charge in [0.2, 0.25) is 0 Å². The highest BCUT2D eigenvalue weighted by Gasteiger charge is 2.18. The normalized spacial score (nSPS) is 15.5. The van der Waals surface area contributed by atoms with Gasteiger partial charge in [0.05, 0.1) is 0 Å². The molecule has 1 aliphatic heterocycles. The summed E-state index contributed by atoms with van der Waals surface area (Å²) in [6, 6.07) is 10.3. The Bertz CT molecular complexity index is 582. The number of piperazine rings is 1. The smallest absolute Gasteiger partial charge is 0.151 e. The number of benzene rings is 1. The number of nitrogens with zero attached hydrogens (tertiary/aromatic N) is 4. The number of halogens is 2. The van der Waals surface area contributed by atoms with Crippen molar-refractivity contribution in [1.82, 2.24) is 10.2 Å². The lowest BCUT2D eigenvalue weighted by molar-refractivity contribution is 0.618. The van der Waals surface area contributed by atoms with Crippen LogP contribution in [-0.2, 0) is 0 Å². The summed E-state index contributed by atoms with van der Waals surface area (Å²) in [5.41, 5.74) is 0.923. The molecule has 104 valence electrons. The fourth-order valence-electron chi connectivity index (χ4n) is 2.34. The molecule has 1 aromatic carbocycles. The van der Waals surface area contributed by atoms with Crippen molar-refractivity contribution in [3.63, 3.8) is 0 Å². The second kappa shape index (κ2) is 5.63. The van der Waals surface area contributed by atoms with Crippen LogP contribution in [-0.4, -0.2) is 36.4 Å². The van der Waals surface area contributed by atoms with Crippen LogP contribution in [0.1, 0.15) is 0 Å². The minimum atomic E-state index is -0.200. The molecule has 0 saturated carbocycles. The van der Waals surface area contributed by atoms with Crippen molar-refractivity contribution < 1.29 is 4.39 Å². The largest absolute Gasteiger partial charge is 0.368 e. The molecule has 3 rings (SSSR count). The van der Waals surface area contributed by atoms with Crippen molar-refractivity contribution in [2.24, 2.45) is 0 Å². The van der Waals surface area contributed by atoms with Crippen LogP contribution in [0, 0.1) is 5.82 Å². The van der Waals surface area contributed by atoms with Gasteiger partial charge < -0.3 is 9.80 Å². The maximum absolute atomic E-state index is 13.2. The van der Waals surface area contributed by atoms with Crippen LogP contribution >= 0.6 is 11.6 Å². The molecule has 4 nitrogen and oxygen atoms in total. The SMILES string of the molecule is Fc1cccc(N2CCN(c3ccc(Cl)nn3)CC2)c1. The molecule has 2 heterocycles. The van der Waals surface area contributed by atoms with E-state index in [2.05, 4.69) is 20.0 Å². The molecular formula is C14H14ClFN4. The monoisotopic (exact) mass is 292 g/mol. The third-order valence-corrected chi connectivity index (χ3v) is 3.60. The Kier molecular flexibility index (Phi) is 3.69. The van der Waals surface area contributed by atoms with Crippen molar-refractivity contribution in [2.45, 2.75) is 0 Å². The summed E-state index contributed by atoms with van der Waals surface area (Å²) in [5, 5.41) is 8.33. The van der Waals surface area contributed by atoms with E-state index in [1.807, 2.05) is 12.1 Å². The minimum absolute atomic E-state index is 0.200. The Morgan fingerprint density at radius 3 is 2.35 bits per heavy atom. The predicted molar refractivity (Wildman–Crippen MR) is 77.9 cm³/mol. The molecule has 0 radical (unpaired) electrons. The van der Waals surface area contributed by atoms with E-state index in [9.17, 15) is 4.39 Å². The van der Waals surface area contributed by atoms with Crippen LogP contribution in [0.15, 0.2) is 36.4 Å². The van der Waals surface area contributed by atoms with E-state index in [-0.39, 0.29) is 5.82 Å². The third-order valence-electron chi connectivity index (χ3n) is 3.39. The molecule has 1 fully saturated rings. The minimum Gasteiger partial charge on any atom is -0.368 e. The highest BCUT2D eigenvalue weighted by molar-refractivity contribution is 6.29. The van der Waals surface area contributed by atoms with E-state index in [1.54, 1.807) is 18.2 Å². The number of rotatable bonds is 2. The summed E-state index contributed by atoms with van der Waals surface area (Å²) < 4.78 is 13.2. The van der Waals surface area contributed by atoms with E-state index >= 15 is 0 Å². The van der Waals surface area contributed by atoms with Crippen LogP contribution in [0.3, 0.4) is 0 Å². The van der Waals surface area contributed by atoms with Crippen LogP contribution < -0.4 is 9.80 Å². The van der Waals surface area contributed by atoms with Gasteiger partial charge in [-0.05, 0) is 30.3 Å². The molecule has 0 aliphatic carbocycles. The van der Waals surface area contributed by atoms with Gasteiger partial charge >= 0.3 is 0 Å². The average molecular weight is 293 g/mol. The Morgan fingerprint density at radius 2 is 1.70 bits per heavy atom. The lowest BCUT2D eigenvalue weighted by Gasteiger charge is -2.36. The predicted octanol–water partition coefficient (Wildman–Crippen LogP) is 2.60. The van der Waals surface area contributed by atoms with E-state index < -0.39 is 0 Å². The first kappa shape index (κ1) is 13.1. The van der Waals surface area contributed by atoms with Crippen LogP contribution in [0.25, 0.3) is 0 Å². The number of aromatic nitrogens is 2. The molecule has 0 amide bonds. The van der Waals surface area contributed by atoms with Gasteiger partial charge in [-0.2, -0.15) is 0 Å². The first-order chi connectivity index (χ1) is 9.72. The molecular weight excluding hydrogens is 279 g/mol. The molecule has 6 heteroatoms. The third kappa shape index (κ3) is 2.82. The van der Waals surface area contributed by atoms with E-state index in [0.29, 0.717) is 5.15 Å². The fraction of sp³-hybridized carbons (Fsp3) is 0.286. The molecule has 0 N–H and O–H groups in total. The van der Waals surface area contributed by atoms with E-state index in [1.165, 1.54) is 6.07 Å². The van der Waals surface area contributed by atoms with Gasteiger partial charge in [-0.15, -0.1) is 10.2 Å². The second-order valence-electron chi connectivity index (χ2n) is 4.67. The van der Waals surface area contributed by atoms with Crippen molar-refractivity contribution in [2.75, 3.05) is 36.0 Å². The number of hydrogen-bond acceptors (Lipinski definition) is 4. The lowest BCUT2D eigenvalue weighted by atomic mass is 10.2. The lowest BCUT2D eigenvalue weighted by Crippen LogP contribution is -2.46. The van der Waals surface area contributed by atoms with Gasteiger partial charge in [-0.25, -0.2) is 4.39 Å². The maximum atomic E-state index is 13.2. The van der Waals surface area contributed by atoms with Gasteiger partial charge in [0.1, 0.15) is 5.82 Å². The summed E-state index contributed by atoms with van der Waals surface area (Å²) in [5.74, 6) is 0.627. The first-order valence-electron chi connectivity index (χ1n) is 6.47. The molecule has 1 saturated heterocycles. The summed E-state index contributed by atoms with van der Waals surface area (Å²) in [6.45, 7) is 3.31. The maximum Gasteiger partial charge on any atom is 0.151 e. The topological polar surface area (TPSA) is 32.3 Å². The number of anilines is 2. The van der Waals surface area contributed by atoms with Gasteiger partial charge in [-0.1, -0.05) is 17.7 Å². The van der Waals surface area contributed by atoms with E-state index in [4.69, 9.17) is 11.6 Å². The summed E-state index contributed by atoms with van der Waals surface area (Å²) in [4.78, 5) is 4.32. The molecule has 0 bridgehead atoms. The summed E-state index contributed by atoms with van der Waals surface area (Å²) in [6.07, 6.45) is 0. The Morgan fingerprint density at radius 1 is 0.950 bits per heavy atom. The van der Waals surface area contributed by atoms with Gasteiger partial charge in [0.25, 0.3) is 0 Å². The second-order valence-corrected chi connectivity index (χ2v) is 5.06. The molecule has 1 aliphatic rings. The van der Waals surface area contributed by atoms with Crippen LogP contribution in [0.4, 0.5) is 15.9 Å². The van der Waals surface area contributed by atoms with Crippen molar-refractivity contribution in [3.8, 4) is 0 Å². The van der Waals surface area contributed by atoms with Crippen molar-refractivity contribution in [3.05, 3.63) is 47.4 Å². The van der Waals surface area contributed by atoms with E-state index in [0.717, 1.165) is 37.7 Å². The highest BCUT2D eigenvalue weighted by atomic mass is 35.5. The summed E-state index contributed by atoms with van der Waals surface area (Å²) >= 11 is 5.73. The molecule has 20 heavy (non-hydrogen) atoms. The Hall–Kier alpha value is -1.88. The van der Waals surface area contributed by atoms with Gasteiger partial charge in [0.15, 0.2) is 11.0 Å². The highest BCUT2D eigenvalue weighted by Crippen LogP contribution is 2.20. The van der Waals surface area contributed by atoms with Crippen molar-refractivity contribution in [1.29, 1.82) is 0 Å². The zero-order valence-electron chi connectivity index (χ0n) is 10.8. The quantitative estimate of drug-likeness (QED) is 0.852.